The van der Waals surface area contributed by atoms with Crippen LogP contribution in [-0.2, 0) is 4.79 Å². The summed E-state index contributed by atoms with van der Waals surface area (Å²) in [6.45, 7) is 6.62. The molecule has 0 N–H and O–H groups in total. The highest BCUT2D eigenvalue weighted by Gasteiger charge is 2.53. The first-order valence-corrected chi connectivity index (χ1v) is 6.60. The van der Waals surface area contributed by atoms with Crippen LogP contribution in [0.15, 0.2) is 11.6 Å². The predicted octanol–water partition coefficient (Wildman–Crippen LogP) is 2.60. The van der Waals surface area contributed by atoms with Crippen molar-refractivity contribution in [2.45, 2.75) is 39.5 Å². The third kappa shape index (κ3) is 1.28. The van der Waals surface area contributed by atoms with Crippen LogP contribution in [0, 0.1) is 17.3 Å². The average Bonchev–Trinajstić information content (AvgIpc) is 2.81. The van der Waals surface area contributed by atoms with Gasteiger partial charge in [0.15, 0.2) is 0 Å². The van der Waals surface area contributed by atoms with E-state index in [9.17, 15) is 4.79 Å². The first-order valence-electron chi connectivity index (χ1n) is 6.60. The number of carbonyl (C=O) groups is 1. The maximum Gasteiger partial charge on any atom is 0.249 e. The van der Waals surface area contributed by atoms with Crippen molar-refractivity contribution in [3.63, 3.8) is 0 Å². The molecule has 2 fully saturated rings. The number of fused-ring (bicyclic) bond motifs is 1. The van der Waals surface area contributed by atoms with Crippen LogP contribution in [0.2, 0.25) is 0 Å². The first kappa shape index (κ1) is 10.4. The molecule has 0 aromatic carbocycles. The van der Waals surface area contributed by atoms with Gasteiger partial charge in [-0.3, -0.25) is 4.79 Å². The summed E-state index contributed by atoms with van der Waals surface area (Å²) in [6, 6.07) is 0. The molecule has 88 valence electrons. The molecule has 0 radical (unpaired) electrons. The van der Waals surface area contributed by atoms with Crippen LogP contribution in [0.5, 0.6) is 0 Å². The SMILES string of the molecule is CC1(C)C2CC=C(C(=O)N3CCCC3)C1C2. The molecule has 1 saturated heterocycles. The molecule has 2 nitrogen and oxygen atoms in total. The Morgan fingerprint density at radius 2 is 2.06 bits per heavy atom. The Hall–Kier alpha value is -0.790. The van der Waals surface area contributed by atoms with Crippen LogP contribution in [-0.4, -0.2) is 23.9 Å². The van der Waals surface area contributed by atoms with E-state index in [0.29, 0.717) is 17.2 Å². The minimum Gasteiger partial charge on any atom is -0.339 e. The lowest BCUT2D eigenvalue weighted by Gasteiger charge is -2.56. The van der Waals surface area contributed by atoms with E-state index in [1.165, 1.54) is 19.3 Å². The monoisotopic (exact) mass is 219 g/mol. The van der Waals surface area contributed by atoms with Gasteiger partial charge in [-0.2, -0.15) is 0 Å². The van der Waals surface area contributed by atoms with Gasteiger partial charge in [0.05, 0.1) is 0 Å². The number of hydrogen-bond donors (Lipinski definition) is 0. The van der Waals surface area contributed by atoms with E-state index in [2.05, 4.69) is 24.8 Å². The summed E-state index contributed by atoms with van der Waals surface area (Å²) < 4.78 is 0. The van der Waals surface area contributed by atoms with E-state index in [1.807, 2.05) is 0 Å². The van der Waals surface area contributed by atoms with Gasteiger partial charge in [-0.25, -0.2) is 0 Å². The molecule has 4 rings (SSSR count). The Balaban J connectivity index is 1.80. The second-order valence-corrected chi connectivity index (χ2v) is 6.20. The molecule has 1 amide bonds. The van der Waals surface area contributed by atoms with E-state index in [0.717, 1.165) is 31.0 Å². The average molecular weight is 219 g/mol. The molecule has 1 aliphatic heterocycles. The smallest absolute Gasteiger partial charge is 0.249 e. The molecular formula is C14H21NO. The summed E-state index contributed by atoms with van der Waals surface area (Å²) in [5.41, 5.74) is 1.51. The molecular weight excluding hydrogens is 198 g/mol. The number of hydrogen-bond acceptors (Lipinski definition) is 1. The van der Waals surface area contributed by atoms with Crippen LogP contribution >= 0.6 is 0 Å². The minimum atomic E-state index is 0.341. The van der Waals surface area contributed by atoms with Gasteiger partial charge < -0.3 is 4.90 Å². The number of nitrogens with zero attached hydrogens (tertiary/aromatic N) is 1. The summed E-state index contributed by atoms with van der Waals surface area (Å²) in [5, 5.41) is 0. The normalized spacial score (nSPS) is 35.6. The van der Waals surface area contributed by atoms with Gasteiger partial charge >= 0.3 is 0 Å². The lowest BCUT2D eigenvalue weighted by atomic mass is 9.49. The van der Waals surface area contributed by atoms with E-state index < -0.39 is 0 Å². The third-order valence-electron chi connectivity index (χ3n) is 5.11. The van der Waals surface area contributed by atoms with Crippen LogP contribution in [0.25, 0.3) is 0 Å². The Kier molecular flexibility index (Phi) is 2.17. The topological polar surface area (TPSA) is 20.3 Å². The third-order valence-corrected chi connectivity index (χ3v) is 5.11. The Labute approximate surface area is 97.7 Å². The highest BCUT2D eigenvalue weighted by molar-refractivity contribution is 5.94. The molecule has 16 heavy (non-hydrogen) atoms. The molecule has 4 aliphatic rings. The van der Waals surface area contributed by atoms with E-state index in [-0.39, 0.29) is 0 Å². The zero-order valence-corrected chi connectivity index (χ0v) is 10.3. The highest BCUT2D eigenvalue weighted by Crippen LogP contribution is 2.59. The van der Waals surface area contributed by atoms with Crippen molar-refractivity contribution in [1.29, 1.82) is 0 Å². The Bertz CT molecular complexity index is 350. The maximum atomic E-state index is 12.4. The molecule has 1 heterocycles. The molecule has 2 heteroatoms. The van der Waals surface area contributed by atoms with Crippen LogP contribution in [0.3, 0.4) is 0 Å². The van der Waals surface area contributed by atoms with Crippen LogP contribution < -0.4 is 0 Å². The van der Waals surface area contributed by atoms with Gasteiger partial charge in [0.1, 0.15) is 0 Å². The summed E-state index contributed by atoms with van der Waals surface area (Å²) in [6.07, 6.45) is 6.98. The van der Waals surface area contributed by atoms with Crippen molar-refractivity contribution in [1.82, 2.24) is 4.90 Å². The second kappa shape index (κ2) is 3.35. The van der Waals surface area contributed by atoms with Crippen molar-refractivity contribution in [2.75, 3.05) is 13.1 Å². The number of rotatable bonds is 1. The van der Waals surface area contributed by atoms with E-state index in [1.54, 1.807) is 0 Å². The highest BCUT2D eigenvalue weighted by atomic mass is 16.2. The van der Waals surface area contributed by atoms with E-state index >= 15 is 0 Å². The van der Waals surface area contributed by atoms with Gasteiger partial charge in [0.25, 0.3) is 0 Å². The zero-order valence-electron chi connectivity index (χ0n) is 10.3. The van der Waals surface area contributed by atoms with Crippen molar-refractivity contribution >= 4 is 5.91 Å². The fourth-order valence-electron chi connectivity index (χ4n) is 3.69. The van der Waals surface area contributed by atoms with Crippen molar-refractivity contribution in [3.05, 3.63) is 11.6 Å². The molecule has 2 bridgehead atoms. The fraction of sp³-hybridized carbons (Fsp3) is 0.786. The molecule has 2 unspecified atom stereocenters. The van der Waals surface area contributed by atoms with Gasteiger partial charge in [-0.15, -0.1) is 0 Å². The molecule has 3 aliphatic carbocycles. The van der Waals surface area contributed by atoms with Crippen molar-refractivity contribution in [3.8, 4) is 0 Å². The number of carbonyl (C=O) groups excluding carboxylic acids is 1. The number of amides is 1. The first-order chi connectivity index (χ1) is 7.60. The molecule has 0 aromatic heterocycles. The van der Waals surface area contributed by atoms with E-state index in [4.69, 9.17) is 0 Å². The molecule has 0 spiro atoms. The summed E-state index contributed by atoms with van der Waals surface area (Å²) in [5.74, 6) is 1.71. The molecule has 2 atom stereocenters. The molecule has 1 saturated carbocycles. The summed E-state index contributed by atoms with van der Waals surface area (Å²) >= 11 is 0. The largest absolute Gasteiger partial charge is 0.339 e. The van der Waals surface area contributed by atoms with Gasteiger partial charge in [-0.05, 0) is 42.9 Å². The van der Waals surface area contributed by atoms with Gasteiger partial charge in [0.2, 0.25) is 5.91 Å². The molecule has 0 aromatic rings. The van der Waals surface area contributed by atoms with Gasteiger partial charge in [-0.1, -0.05) is 19.9 Å². The lowest BCUT2D eigenvalue weighted by Crippen LogP contribution is -2.51. The zero-order chi connectivity index (χ0) is 11.3. The van der Waals surface area contributed by atoms with Crippen LogP contribution in [0.1, 0.15) is 39.5 Å². The fourth-order valence-corrected chi connectivity index (χ4v) is 3.69. The number of allylic oxidation sites excluding steroid dienone is 1. The second-order valence-electron chi connectivity index (χ2n) is 6.20. The van der Waals surface area contributed by atoms with Gasteiger partial charge in [0, 0.05) is 18.7 Å². The Morgan fingerprint density at radius 3 is 2.62 bits per heavy atom. The lowest BCUT2D eigenvalue weighted by molar-refractivity contribution is -0.129. The summed E-state index contributed by atoms with van der Waals surface area (Å²) in [4.78, 5) is 14.4. The van der Waals surface area contributed by atoms with Crippen molar-refractivity contribution < 1.29 is 4.79 Å². The van der Waals surface area contributed by atoms with Crippen LogP contribution in [0.4, 0.5) is 0 Å². The standard InChI is InChI=1S/C14H21NO/c1-14(2)10-5-6-11(12(14)9-10)13(16)15-7-3-4-8-15/h6,10,12H,3-5,7-9H2,1-2H3. The maximum absolute atomic E-state index is 12.4. The van der Waals surface area contributed by atoms with Crippen molar-refractivity contribution in [2.24, 2.45) is 17.3 Å². The number of likely N-dealkylation sites (tertiary alicyclic amines) is 1. The minimum absolute atomic E-state index is 0.341. The quantitative estimate of drug-likeness (QED) is 0.664. The Morgan fingerprint density at radius 1 is 1.38 bits per heavy atom. The summed E-state index contributed by atoms with van der Waals surface area (Å²) in [7, 11) is 0. The predicted molar refractivity (Wildman–Crippen MR) is 63.9 cm³/mol.